The molecule has 0 saturated heterocycles. The maximum atomic E-state index is 13.1. The largest absolute Gasteiger partial charge is 0.392 e. The predicted octanol–water partition coefficient (Wildman–Crippen LogP) is 4.50. The quantitative estimate of drug-likeness (QED) is 0.765. The summed E-state index contributed by atoms with van der Waals surface area (Å²) in [6.07, 6.45) is -0.862. The normalized spacial score (nSPS) is 23.3. The van der Waals surface area contributed by atoms with Crippen molar-refractivity contribution in [3.8, 4) is 0 Å². The third-order valence-corrected chi connectivity index (χ3v) is 4.26. The Morgan fingerprint density at radius 3 is 2.71 bits per heavy atom. The van der Waals surface area contributed by atoms with Crippen LogP contribution in [0, 0.1) is 11.8 Å². The molecule has 0 bridgehead atoms. The van der Waals surface area contributed by atoms with Crippen LogP contribution in [-0.4, -0.2) is 21.7 Å². The smallest absolute Gasteiger partial charge is 0.292 e. The number of hydrogen-bond acceptors (Lipinski definition) is 2. The second-order valence-electron chi connectivity index (χ2n) is 5.47. The van der Waals surface area contributed by atoms with E-state index in [0.29, 0.717) is 19.4 Å². The molecule has 1 aromatic rings. The minimum atomic E-state index is -4.34. The molecule has 3 nitrogen and oxygen atoms in total. The van der Waals surface area contributed by atoms with Crippen LogP contribution >= 0.6 is 11.6 Å². The second-order valence-corrected chi connectivity index (χ2v) is 5.87. The minimum Gasteiger partial charge on any atom is -0.292 e. The first-order chi connectivity index (χ1) is 9.86. The first-order valence-electron chi connectivity index (χ1n) is 7.18. The maximum Gasteiger partial charge on any atom is 0.392 e. The monoisotopic (exact) mass is 322 g/mol. The summed E-state index contributed by atoms with van der Waals surface area (Å²) < 4.78 is 40.8. The Balaban J connectivity index is 2.31. The Hall–Kier alpha value is -1.04. The molecule has 2 rings (SSSR count). The van der Waals surface area contributed by atoms with Crippen molar-refractivity contribution < 1.29 is 18.0 Å². The lowest BCUT2D eigenvalue weighted by Gasteiger charge is -2.32. The number of aromatic nitrogens is 2. The third-order valence-electron chi connectivity index (χ3n) is 3.99. The molecular weight excluding hydrogens is 305 g/mol. The molecule has 1 aromatic heterocycles. The maximum absolute atomic E-state index is 13.1. The van der Waals surface area contributed by atoms with E-state index < -0.39 is 23.8 Å². The van der Waals surface area contributed by atoms with Crippen LogP contribution in [0.15, 0.2) is 6.20 Å². The van der Waals surface area contributed by atoms with E-state index in [-0.39, 0.29) is 23.6 Å². The summed E-state index contributed by atoms with van der Waals surface area (Å²) in [6, 6.07) is 0. The molecule has 2 atom stereocenters. The molecule has 21 heavy (non-hydrogen) atoms. The molecular formula is C14H18ClF3N2O. The number of rotatable bonds is 4. The molecule has 7 heteroatoms. The number of carbonyl (C=O) groups excluding carboxylic acids is 1. The highest BCUT2D eigenvalue weighted by Crippen LogP contribution is 2.43. The summed E-state index contributed by atoms with van der Waals surface area (Å²) in [5.41, 5.74) is 0.125. The predicted molar refractivity (Wildman–Crippen MR) is 73.4 cm³/mol. The molecule has 1 aliphatic rings. The highest BCUT2D eigenvalue weighted by molar-refractivity contribution is 6.33. The van der Waals surface area contributed by atoms with E-state index in [1.54, 1.807) is 0 Å². The molecule has 0 amide bonds. The molecule has 1 aliphatic carbocycles. The number of ketones is 1. The first kappa shape index (κ1) is 16.3. The number of hydrogen-bond donors (Lipinski definition) is 0. The van der Waals surface area contributed by atoms with E-state index in [1.165, 1.54) is 10.9 Å². The highest BCUT2D eigenvalue weighted by Gasteiger charge is 2.48. The van der Waals surface area contributed by atoms with Gasteiger partial charge in [0.2, 0.25) is 0 Å². The summed E-state index contributed by atoms with van der Waals surface area (Å²) in [7, 11) is 0. The standard InChI is InChI=1S/C14H18ClF3N2O/c1-2-7-20-12(11(15)8-19-20)13(21)9-5-3-4-6-10(9)14(16,17)18/h8-10H,2-7H2,1H3. The number of Topliss-reactive ketones (excluding diaryl/α,β-unsaturated/α-hetero) is 1. The molecule has 2 unspecified atom stereocenters. The molecule has 0 radical (unpaired) electrons. The van der Waals surface area contributed by atoms with Gasteiger partial charge >= 0.3 is 6.18 Å². The molecule has 0 aromatic carbocycles. The molecule has 0 aliphatic heterocycles. The zero-order chi connectivity index (χ0) is 15.6. The summed E-state index contributed by atoms with van der Waals surface area (Å²) in [6.45, 7) is 2.38. The lowest BCUT2D eigenvalue weighted by atomic mass is 9.76. The lowest BCUT2D eigenvalue weighted by Crippen LogP contribution is -2.38. The van der Waals surface area contributed by atoms with Crippen molar-refractivity contribution in [2.45, 2.75) is 51.7 Å². The van der Waals surface area contributed by atoms with Gasteiger partial charge in [-0.05, 0) is 19.3 Å². The molecule has 0 spiro atoms. The van der Waals surface area contributed by atoms with Crippen LogP contribution in [0.2, 0.25) is 5.02 Å². The van der Waals surface area contributed by atoms with Gasteiger partial charge in [-0.15, -0.1) is 0 Å². The Bertz CT molecular complexity index is 513. The topological polar surface area (TPSA) is 34.9 Å². The van der Waals surface area contributed by atoms with E-state index in [2.05, 4.69) is 5.10 Å². The van der Waals surface area contributed by atoms with Crippen LogP contribution in [0.25, 0.3) is 0 Å². The lowest BCUT2D eigenvalue weighted by molar-refractivity contribution is -0.191. The van der Waals surface area contributed by atoms with Gasteiger partial charge < -0.3 is 0 Å². The third kappa shape index (κ3) is 3.42. The van der Waals surface area contributed by atoms with Crippen molar-refractivity contribution in [1.82, 2.24) is 9.78 Å². The van der Waals surface area contributed by atoms with Crippen LogP contribution in [0.1, 0.15) is 49.5 Å². The fourth-order valence-electron chi connectivity index (χ4n) is 3.00. The van der Waals surface area contributed by atoms with Crippen LogP contribution in [0.5, 0.6) is 0 Å². The van der Waals surface area contributed by atoms with Gasteiger partial charge in [-0.2, -0.15) is 18.3 Å². The highest BCUT2D eigenvalue weighted by atomic mass is 35.5. The number of nitrogens with zero attached hydrogens (tertiary/aromatic N) is 2. The van der Waals surface area contributed by atoms with E-state index >= 15 is 0 Å². The Morgan fingerprint density at radius 2 is 2.10 bits per heavy atom. The average Bonchev–Trinajstić information content (AvgIpc) is 2.79. The van der Waals surface area contributed by atoms with Crippen LogP contribution in [0.4, 0.5) is 13.2 Å². The Kier molecular flexibility index (Phi) is 4.96. The molecule has 0 N–H and O–H groups in total. The molecule has 1 fully saturated rings. The molecule has 118 valence electrons. The van der Waals surface area contributed by atoms with E-state index in [0.717, 1.165) is 6.42 Å². The molecule has 1 heterocycles. The van der Waals surface area contributed by atoms with Gasteiger partial charge in [-0.1, -0.05) is 31.4 Å². The zero-order valence-electron chi connectivity index (χ0n) is 11.8. The molecule has 1 saturated carbocycles. The Morgan fingerprint density at radius 1 is 1.43 bits per heavy atom. The summed E-state index contributed by atoms with van der Waals surface area (Å²) in [4.78, 5) is 12.6. The van der Waals surface area contributed by atoms with Gasteiger partial charge in [0.25, 0.3) is 0 Å². The van der Waals surface area contributed by atoms with E-state index in [1.807, 2.05) is 6.92 Å². The van der Waals surface area contributed by atoms with Gasteiger partial charge in [0.05, 0.1) is 17.1 Å². The van der Waals surface area contributed by atoms with Crippen LogP contribution in [-0.2, 0) is 6.54 Å². The Labute approximate surface area is 126 Å². The number of aryl methyl sites for hydroxylation is 1. The van der Waals surface area contributed by atoms with Gasteiger partial charge in [0.1, 0.15) is 5.69 Å². The van der Waals surface area contributed by atoms with Crippen molar-refractivity contribution >= 4 is 17.4 Å². The fourth-order valence-corrected chi connectivity index (χ4v) is 3.24. The van der Waals surface area contributed by atoms with Crippen molar-refractivity contribution in [3.63, 3.8) is 0 Å². The number of halogens is 4. The number of alkyl halides is 3. The van der Waals surface area contributed by atoms with Gasteiger partial charge in [-0.3, -0.25) is 9.48 Å². The summed E-state index contributed by atoms with van der Waals surface area (Å²) in [5, 5.41) is 4.13. The summed E-state index contributed by atoms with van der Waals surface area (Å²) in [5.74, 6) is -3.13. The van der Waals surface area contributed by atoms with Gasteiger partial charge in [-0.25, -0.2) is 0 Å². The zero-order valence-corrected chi connectivity index (χ0v) is 12.5. The number of carbonyl (C=O) groups is 1. The van der Waals surface area contributed by atoms with E-state index in [9.17, 15) is 18.0 Å². The first-order valence-corrected chi connectivity index (χ1v) is 7.56. The van der Waals surface area contributed by atoms with Gasteiger partial charge in [0, 0.05) is 12.5 Å². The van der Waals surface area contributed by atoms with E-state index in [4.69, 9.17) is 11.6 Å². The second kappa shape index (κ2) is 6.38. The average molecular weight is 323 g/mol. The van der Waals surface area contributed by atoms with Crippen LogP contribution in [0.3, 0.4) is 0 Å². The minimum absolute atomic E-state index is 0.0133. The van der Waals surface area contributed by atoms with Crippen LogP contribution < -0.4 is 0 Å². The van der Waals surface area contributed by atoms with Gasteiger partial charge in [0.15, 0.2) is 5.78 Å². The van der Waals surface area contributed by atoms with Crippen molar-refractivity contribution in [2.24, 2.45) is 11.8 Å². The SMILES string of the molecule is CCCn1ncc(Cl)c1C(=O)C1CCCCC1C(F)(F)F. The van der Waals surface area contributed by atoms with Crippen molar-refractivity contribution in [3.05, 3.63) is 16.9 Å². The van der Waals surface area contributed by atoms with Crippen molar-refractivity contribution in [2.75, 3.05) is 0 Å². The fraction of sp³-hybridized carbons (Fsp3) is 0.714. The van der Waals surface area contributed by atoms with Crippen molar-refractivity contribution in [1.29, 1.82) is 0 Å². The summed E-state index contributed by atoms with van der Waals surface area (Å²) >= 11 is 5.97.